The molecule has 0 spiro atoms. The lowest BCUT2D eigenvalue weighted by Gasteiger charge is -2.13. The zero-order valence-corrected chi connectivity index (χ0v) is 17.1. The zero-order chi connectivity index (χ0) is 20.6. The second-order valence-corrected chi connectivity index (χ2v) is 7.26. The van der Waals surface area contributed by atoms with Gasteiger partial charge < -0.3 is 14.8 Å². The van der Waals surface area contributed by atoms with E-state index in [4.69, 9.17) is 9.47 Å². The summed E-state index contributed by atoms with van der Waals surface area (Å²) < 4.78 is 10.3. The Balaban J connectivity index is 1.86. The van der Waals surface area contributed by atoms with E-state index in [1.54, 1.807) is 14.0 Å². The Morgan fingerprint density at radius 1 is 1.03 bits per heavy atom. The van der Waals surface area contributed by atoms with E-state index in [9.17, 15) is 9.59 Å². The molecule has 6 nitrogen and oxygen atoms in total. The number of amides is 1. The molecular formula is C22H22N2O4S. The van der Waals surface area contributed by atoms with Gasteiger partial charge in [0.2, 0.25) is 0 Å². The minimum absolute atomic E-state index is 0.352. The van der Waals surface area contributed by atoms with Gasteiger partial charge in [-0.1, -0.05) is 60.7 Å². The molecule has 150 valence electrons. The highest BCUT2D eigenvalue weighted by Gasteiger charge is 2.25. The summed E-state index contributed by atoms with van der Waals surface area (Å²) in [5.74, 6) is -0.942. The molecule has 1 amide bonds. The molecule has 7 heteroatoms. The van der Waals surface area contributed by atoms with Crippen LogP contribution in [-0.2, 0) is 14.3 Å². The van der Waals surface area contributed by atoms with Gasteiger partial charge in [0.1, 0.15) is 9.88 Å². The van der Waals surface area contributed by atoms with Crippen LogP contribution in [0.3, 0.4) is 0 Å². The van der Waals surface area contributed by atoms with Gasteiger partial charge in [0.25, 0.3) is 5.91 Å². The summed E-state index contributed by atoms with van der Waals surface area (Å²) in [6.07, 6.45) is -0.926. The molecule has 0 radical (unpaired) electrons. The van der Waals surface area contributed by atoms with Gasteiger partial charge in [-0.3, -0.25) is 4.79 Å². The summed E-state index contributed by atoms with van der Waals surface area (Å²) in [4.78, 5) is 30.0. The van der Waals surface area contributed by atoms with Crippen LogP contribution in [0.15, 0.2) is 60.7 Å². The van der Waals surface area contributed by atoms with E-state index in [1.165, 1.54) is 11.3 Å². The monoisotopic (exact) mass is 410 g/mol. The Labute approximate surface area is 173 Å². The van der Waals surface area contributed by atoms with Gasteiger partial charge in [0.05, 0.1) is 12.3 Å². The minimum atomic E-state index is -0.926. The maximum atomic E-state index is 12.9. The SMILES string of the molecule is COCCNC(=O)[C@H](C)OC(=O)c1sc(-c2ccccc2)nc1-c1ccccc1. The van der Waals surface area contributed by atoms with Gasteiger partial charge in [-0.15, -0.1) is 11.3 Å². The first kappa shape index (κ1) is 20.7. The number of ether oxygens (including phenoxy) is 2. The first-order chi connectivity index (χ1) is 14.1. The molecule has 1 aromatic heterocycles. The van der Waals surface area contributed by atoms with Gasteiger partial charge in [-0.25, -0.2) is 9.78 Å². The van der Waals surface area contributed by atoms with Gasteiger partial charge >= 0.3 is 5.97 Å². The van der Waals surface area contributed by atoms with Crippen molar-refractivity contribution in [3.8, 4) is 21.8 Å². The molecule has 0 fully saturated rings. The highest BCUT2D eigenvalue weighted by atomic mass is 32.1. The number of rotatable bonds is 8. The lowest BCUT2D eigenvalue weighted by molar-refractivity contribution is -0.129. The van der Waals surface area contributed by atoms with Crippen LogP contribution in [0.1, 0.15) is 16.6 Å². The smallest absolute Gasteiger partial charge is 0.351 e. The fourth-order valence-electron chi connectivity index (χ4n) is 2.64. The molecular weight excluding hydrogens is 388 g/mol. The number of carbonyl (C=O) groups is 2. The van der Waals surface area contributed by atoms with Gasteiger partial charge in [-0.05, 0) is 6.92 Å². The second kappa shape index (κ2) is 9.95. The number of esters is 1. The molecule has 1 atom stereocenters. The van der Waals surface area contributed by atoms with Crippen LogP contribution in [0, 0.1) is 0 Å². The number of hydrogen-bond acceptors (Lipinski definition) is 6. The predicted octanol–water partition coefficient (Wildman–Crippen LogP) is 3.79. The third kappa shape index (κ3) is 5.28. The van der Waals surface area contributed by atoms with Crippen molar-refractivity contribution >= 4 is 23.2 Å². The summed E-state index contributed by atoms with van der Waals surface area (Å²) in [6, 6.07) is 19.1. The summed E-state index contributed by atoms with van der Waals surface area (Å²) in [5, 5.41) is 3.38. The Kier molecular flexibility index (Phi) is 7.10. The molecule has 0 saturated carbocycles. The van der Waals surface area contributed by atoms with E-state index in [-0.39, 0.29) is 5.91 Å². The molecule has 0 saturated heterocycles. The van der Waals surface area contributed by atoms with Gasteiger partial charge in [0.15, 0.2) is 6.10 Å². The molecule has 0 aliphatic heterocycles. The molecule has 29 heavy (non-hydrogen) atoms. The third-order valence-corrected chi connectivity index (χ3v) is 5.22. The van der Waals surface area contributed by atoms with Crippen LogP contribution >= 0.6 is 11.3 Å². The van der Waals surface area contributed by atoms with E-state index in [0.29, 0.717) is 28.7 Å². The van der Waals surface area contributed by atoms with Crippen LogP contribution in [0.2, 0.25) is 0 Å². The van der Waals surface area contributed by atoms with E-state index in [2.05, 4.69) is 10.3 Å². The number of benzene rings is 2. The average molecular weight is 410 g/mol. The fraction of sp³-hybridized carbons (Fsp3) is 0.227. The summed E-state index contributed by atoms with van der Waals surface area (Å²) >= 11 is 1.25. The number of aromatic nitrogens is 1. The maximum absolute atomic E-state index is 12.9. The largest absolute Gasteiger partial charge is 0.448 e. The Morgan fingerprint density at radius 3 is 2.28 bits per heavy atom. The Morgan fingerprint density at radius 2 is 1.66 bits per heavy atom. The Bertz CT molecular complexity index is 957. The predicted molar refractivity (Wildman–Crippen MR) is 113 cm³/mol. The van der Waals surface area contributed by atoms with Crippen molar-refractivity contribution in [1.29, 1.82) is 0 Å². The molecule has 1 heterocycles. The fourth-order valence-corrected chi connectivity index (χ4v) is 3.62. The minimum Gasteiger partial charge on any atom is -0.448 e. The van der Waals surface area contributed by atoms with Crippen molar-refractivity contribution < 1.29 is 19.1 Å². The van der Waals surface area contributed by atoms with Crippen LogP contribution in [-0.4, -0.2) is 43.2 Å². The highest BCUT2D eigenvalue weighted by Crippen LogP contribution is 2.34. The van der Waals surface area contributed by atoms with E-state index < -0.39 is 12.1 Å². The topological polar surface area (TPSA) is 77.5 Å². The standard InChI is InChI=1S/C22H22N2O4S/c1-15(20(25)23-13-14-27-2)28-22(26)19-18(16-9-5-3-6-10-16)24-21(29-19)17-11-7-4-8-12-17/h3-12,15H,13-14H2,1-2H3,(H,23,25)/t15-/m0/s1. The van der Waals surface area contributed by atoms with Crippen molar-refractivity contribution in [2.45, 2.75) is 13.0 Å². The first-order valence-corrected chi connectivity index (χ1v) is 10.0. The van der Waals surface area contributed by atoms with Crippen LogP contribution in [0.25, 0.3) is 21.8 Å². The summed E-state index contributed by atoms with van der Waals surface area (Å²) in [6.45, 7) is 2.28. The number of nitrogens with zero attached hydrogens (tertiary/aromatic N) is 1. The maximum Gasteiger partial charge on any atom is 0.351 e. The van der Waals surface area contributed by atoms with Gasteiger partial charge in [-0.2, -0.15) is 0 Å². The zero-order valence-electron chi connectivity index (χ0n) is 16.3. The van der Waals surface area contributed by atoms with E-state index in [0.717, 1.165) is 11.1 Å². The lowest BCUT2D eigenvalue weighted by atomic mass is 10.1. The molecule has 1 N–H and O–H groups in total. The molecule has 0 unspecified atom stereocenters. The molecule has 3 aromatic rings. The average Bonchev–Trinajstić information content (AvgIpc) is 3.21. The summed E-state index contributed by atoms with van der Waals surface area (Å²) in [5.41, 5.74) is 2.28. The molecule has 0 bridgehead atoms. The molecule has 3 rings (SSSR count). The van der Waals surface area contributed by atoms with Crippen LogP contribution < -0.4 is 5.32 Å². The van der Waals surface area contributed by atoms with Crippen molar-refractivity contribution in [3.05, 3.63) is 65.5 Å². The highest BCUT2D eigenvalue weighted by molar-refractivity contribution is 7.17. The van der Waals surface area contributed by atoms with Crippen LogP contribution in [0.5, 0.6) is 0 Å². The van der Waals surface area contributed by atoms with Crippen molar-refractivity contribution in [2.24, 2.45) is 0 Å². The summed E-state index contributed by atoms with van der Waals surface area (Å²) in [7, 11) is 1.55. The number of thiazole rings is 1. The number of nitrogens with one attached hydrogen (secondary N) is 1. The molecule has 0 aliphatic carbocycles. The number of hydrogen-bond donors (Lipinski definition) is 1. The van der Waals surface area contributed by atoms with Crippen molar-refractivity contribution in [1.82, 2.24) is 10.3 Å². The Hall–Kier alpha value is -3.03. The van der Waals surface area contributed by atoms with Crippen LogP contribution in [0.4, 0.5) is 0 Å². The normalized spacial score (nSPS) is 11.7. The van der Waals surface area contributed by atoms with E-state index in [1.807, 2.05) is 60.7 Å². The number of methoxy groups -OCH3 is 1. The molecule has 2 aromatic carbocycles. The number of carbonyl (C=O) groups excluding carboxylic acids is 2. The second-order valence-electron chi connectivity index (χ2n) is 6.26. The quantitative estimate of drug-likeness (QED) is 0.452. The lowest BCUT2D eigenvalue weighted by Crippen LogP contribution is -2.37. The van der Waals surface area contributed by atoms with Crippen molar-refractivity contribution in [2.75, 3.05) is 20.3 Å². The van der Waals surface area contributed by atoms with Gasteiger partial charge in [0, 0.05) is 24.8 Å². The first-order valence-electron chi connectivity index (χ1n) is 9.19. The van der Waals surface area contributed by atoms with E-state index >= 15 is 0 Å². The van der Waals surface area contributed by atoms with Crippen molar-refractivity contribution in [3.63, 3.8) is 0 Å². The molecule has 0 aliphatic rings. The third-order valence-electron chi connectivity index (χ3n) is 4.14.